The van der Waals surface area contributed by atoms with Gasteiger partial charge in [0.25, 0.3) is 0 Å². The zero-order valence-corrected chi connectivity index (χ0v) is 11.2. The van der Waals surface area contributed by atoms with Crippen molar-refractivity contribution in [1.82, 2.24) is 9.78 Å². The third kappa shape index (κ3) is 2.49. The summed E-state index contributed by atoms with van der Waals surface area (Å²) in [7, 11) is 0. The van der Waals surface area contributed by atoms with Gasteiger partial charge in [-0.3, -0.25) is 4.68 Å². The van der Waals surface area contributed by atoms with E-state index in [0.29, 0.717) is 6.54 Å². The highest BCUT2D eigenvalue weighted by Crippen LogP contribution is 2.20. The molecule has 0 saturated carbocycles. The summed E-state index contributed by atoms with van der Waals surface area (Å²) in [5, 5.41) is 5.80. The maximum Gasteiger partial charge on any atom is 0.0929 e. The minimum absolute atomic E-state index is 0.591. The maximum absolute atomic E-state index is 5.65. The largest absolute Gasteiger partial charge is 0.329 e. The summed E-state index contributed by atoms with van der Waals surface area (Å²) in [5.41, 5.74) is 8.93. The first kappa shape index (κ1) is 12.6. The zero-order valence-electron chi connectivity index (χ0n) is 11.2. The molecule has 0 bridgehead atoms. The molecule has 3 heteroatoms. The van der Waals surface area contributed by atoms with Crippen LogP contribution in [-0.2, 0) is 6.54 Å². The van der Waals surface area contributed by atoms with Crippen LogP contribution in [0.1, 0.15) is 11.3 Å². The van der Waals surface area contributed by atoms with Crippen molar-refractivity contribution < 1.29 is 0 Å². The molecule has 0 fully saturated rings. The summed E-state index contributed by atoms with van der Waals surface area (Å²) in [6.45, 7) is 1.33. The van der Waals surface area contributed by atoms with E-state index in [1.165, 1.54) is 5.56 Å². The van der Waals surface area contributed by atoms with Crippen molar-refractivity contribution in [2.24, 2.45) is 5.73 Å². The number of aromatic nitrogens is 2. The molecule has 100 valence electrons. The Balaban J connectivity index is 2.01. The van der Waals surface area contributed by atoms with E-state index in [4.69, 9.17) is 5.73 Å². The Bertz CT molecular complexity index is 726. The first-order chi connectivity index (χ1) is 9.88. The Morgan fingerprint density at radius 1 is 0.950 bits per heavy atom. The Morgan fingerprint density at radius 2 is 1.70 bits per heavy atom. The van der Waals surface area contributed by atoms with Gasteiger partial charge in [-0.25, -0.2) is 0 Å². The third-order valence-corrected chi connectivity index (χ3v) is 3.26. The number of benzene rings is 2. The second-order valence-electron chi connectivity index (χ2n) is 4.66. The summed E-state index contributed by atoms with van der Waals surface area (Å²) < 4.78 is 1.97. The first-order valence-electron chi connectivity index (χ1n) is 6.77. The quantitative estimate of drug-likeness (QED) is 0.785. The maximum atomic E-state index is 5.65. The Morgan fingerprint density at radius 3 is 2.50 bits per heavy atom. The lowest BCUT2D eigenvalue weighted by molar-refractivity contribution is 0.644. The Kier molecular flexibility index (Phi) is 3.61. The van der Waals surface area contributed by atoms with Gasteiger partial charge < -0.3 is 5.73 Å². The van der Waals surface area contributed by atoms with Crippen LogP contribution in [0.4, 0.5) is 0 Å². The summed E-state index contributed by atoms with van der Waals surface area (Å²) >= 11 is 0. The van der Waals surface area contributed by atoms with Gasteiger partial charge in [0, 0.05) is 11.9 Å². The summed E-state index contributed by atoms with van der Waals surface area (Å²) in [6.07, 6.45) is 4.15. The van der Waals surface area contributed by atoms with Crippen molar-refractivity contribution in [2.75, 3.05) is 6.54 Å². The summed E-state index contributed by atoms with van der Waals surface area (Å²) in [6, 6.07) is 18.5. The molecule has 0 aliphatic carbocycles. The number of rotatable bonds is 4. The zero-order chi connectivity index (χ0) is 13.8. The normalized spacial score (nSPS) is 11.4. The third-order valence-electron chi connectivity index (χ3n) is 3.26. The molecule has 0 unspecified atom stereocenters. The lowest BCUT2D eigenvalue weighted by Crippen LogP contribution is -2.10. The lowest BCUT2D eigenvalue weighted by Gasteiger charge is -1.98. The van der Waals surface area contributed by atoms with Crippen LogP contribution in [-0.4, -0.2) is 16.3 Å². The monoisotopic (exact) mass is 263 g/mol. The van der Waals surface area contributed by atoms with Crippen LogP contribution in [0.2, 0.25) is 0 Å². The molecule has 0 spiro atoms. The van der Waals surface area contributed by atoms with Gasteiger partial charge in [-0.2, -0.15) is 5.10 Å². The number of para-hydroxylation sites is 1. The average molecular weight is 263 g/mol. The fourth-order valence-corrected chi connectivity index (χ4v) is 2.31. The molecule has 3 aromatic rings. The van der Waals surface area contributed by atoms with Crippen molar-refractivity contribution in [3.05, 3.63) is 65.9 Å². The Labute approximate surface area is 118 Å². The molecule has 0 saturated heterocycles. The molecular weight excluding hydrogens is 246 g/mol. The van der Waals surface area contributed by atoms with Gasteiger partial charge in [-0.15, -0.1) is 0 Å². The van der Waals surface area contributed by atoms with Gasteiger partial charge in [-0.05, 0) is 17.7 Å². The minimum Gasteiger partial charge on any atom is -0.329 e. The van der Waals surface area contributed by atoms with Gasteiger partial charge in [0.15, 0.2) is 0 Å². The van der Waals surface area contributed by atoms with Crippen molar-refractivity contribution in [3.8, 4) is 0 Å². The SMILES string of the molecule is NCCn1nc(/C=C/c2ccccc2)c2ccccc21. The number of nitrogens with zero attached hydrogens (tertiary/aromatic N) is 2. The van der Waals surface area contributed by atoms with Crippen LogP contribution < -0.4 is 5.73 Å². The van der Waals surface area contributed by atoms with Gasteiger partial charge in [-0.1, -0.05) is 54.6 Å². The molecule has 0 aliphatic rings. The molecule has 1 aromatic heterocycles. The van der Waals surface area contributed by atoms with Crippen molar-refractivity contribution >= 4 is 23.1 Å². The van der Waals surface area contributed by atoms with E-state index >= 15 is 0 Å². The fraction of sp³-hybridized carbons (Fsp3) is 0.118. The number of hydrogen-bond donors (Lipinski definition) is 1. The van der Waals surface area contributed by atoms with Crippen LogP contribution >= 0.6 is 0 Å². The molecule has 0 aliphatic heterocycles. The molecule has 2 N–H and O–H groups in total. The molecular formula is C17H17N3. The van der Waals surface area contributed by atoms with Gasteiger partial charge in [0.2, 0.25) is 0 Å². The van der Waals surface area contributed by atoms with E-state index in [1.54, 1.807) is 0 Å². The first-order valence-corrected chi connectivity index (χ1v) is 6.77. The second-order valence-corrected chi connectivity index (χ2v) is 4.66. The van der Waals surface area contributed by atoms with Gasteiger partial charge >= 0.3 is 0 Å². The van der Waals surface area contributed by atoms with Crippen molar-refractivity contribution in [1.29, 1.82) is 0 Å². The molecule has 0 atom stereocenters. The lowest BCUT2D eigenvalue weighted by atomic mass is 10.1. The van der Waals surface area contributed by atoms with E-state index in [0.717, 1.165) is 23.1 Å². The topological polar surface area (TPSA) is 43.8 Å². The molecule has 0 amide bonds. The van der Waals surface area contributed by atoms with Crippen molar-refractivity contribution in [2.45, 2.75) is 6.54 Å². The van der Waals surface area contributed by atoms with E-state index in [2.05, 4.69) is 41.5 Å². The van der Waals surface area contributed by atoms with Crippen LogP contribution in [0.5, 0.6) is 0 Å². The van der Waals surface area contributed by atoms with Crippen molar-refractivity contribution in [3.63, 3.8) is 0 Å². The number of nitrogens with two attached hydrogens (primary N) is 1. The van der Waals surface area contributed by atoms with Gasteiger partial charge in [0.05, 0.1) is 17.8 Å². The molecule has 3 nitrogen and oxygen atoms in total. The standard InChI is InChI=1S/C17H17N3/c18-12-13-20-17-9-5-4-8-15(17)16(19-20)11-10-14-6-2-1-3-7-14/h1-11H,12-13,18H2/b11-10+. The van der Waals surface area contributed by atoms with E-state index in [1.807, 2.05) is 35.0 Å². The molecule has 0 radical (unpaired) electrons. The fourth-order valence-electron chi connectivity index (χ4n) is 2.31. The predicted octanol–water partition coefficient (Wildman–Crippen LogP) is 3.17. The predicted molar refractivity (Wildman–Crippen MR) is 84.2 cm³/mol. The van der Waals surface area contributed by atoms with E-state index < -0.39 is 0 Å². The summed E-state index contributed by atoms with van der Waals surface area (Å²) in [4.78, 5) is 0. The molecule has 2 aromatic carbocycles. The second kappa shape index (κ2) is 5.72. The van der Waals surface area contributed by atoms with Crippen LogP contribution in [0.3, 0.4) is 0 Å². The van der Waals surface area contributed by atoms with E-state index in [9.17, 15) is 0 Å². The van der Waals surface area contributed by atoms with Crippen LogP contribution in [0.25, 0.3) is 23.1 Å². The average Bonchev–Trinajstić information content (AvgIpc) is 2.85. The summed E-state index contributed by atoms with van der Waals surface area (Å²) in [5.74, 6) is 0. The highest BCUT2D eigenvalue weighted by atomic mass is 15.3. The van der Waals surface area contributed by atoms with E-state index in [-0.39, 0.29) is 0 Å². The highest BCUT2D eigenvalue weighted by molar-refractivity contribution is 5.89. The number of hydrogen-bond acceptors (Lipinski definition) is 2. The Hall–Kier alpha value is -2.39. The number of fused-ring (bicyclic) bond motifs is 1. The minimum atomic E-state index is 0.591. The molecule has 20 heavy (non-hydrogen) atoms. The molecule has 3 rings (SSSR count). The molecule has 1 heterocycles. The highest BCUT2D eigenvalue weighted by Gasteiger charge is 2.06. The van der Waals surface area contributed by atoms with Crippen LogP contribution in [0.15, 0.2) is 54.6 Å². The van der Waals surface area contributed by atoms with Crippen LogP contribution in [0, 0.1) is 0 Å². The van der Waals surface area contributed by atoms with Gasteiger partial charge in [0.1, 0.15) is 0 Å². The smallest absolute Gasteiger partial charge is 0.0929 e.